The second kappa shape index (κ2) is 6.71. The fraction of sp³-hybridized carbons (Fsp3) is 0.350. The molecule has 2 aromatic heterocycles. The molecule has 0 aliphatic rings. The van der Waals surface area contributed by atoms with Crippen LogP contribution in [0, 0.1) is 0 Å². The van der Waals surface area contributed by atoms with Crippen molar-refractivity contribution in [2.24, 2.45) is 0 Å². The van der Waals surface area contributed by atoms with Gasteiger partial charge in [-0.05, 0) is 23.8 Å². The van der Waals surface area contributed by atoms with Crippen LogP contribution in [-0.4, -0.2) is 17.6 Å². The zero-order valence-electron chi connectivity index (χ0n) is 14.4. The van der Waals surface area contributed by atoms with Crippen LogP contribution in [-0.2, 0) is 6.54 Å². The Balaban J connectivity index is 2.19. The lowest BCUT2D eigenvalue weighted by Crippen LogP contribution is -2.49. The Hall–Kier alpha value is -1.87. The maximum Gasteiger partial charge on any atom is 0.140 e. The summed E-state index contributed by atoms with van der Waals surface area (Å²) in [5, 5.41) is 2.85. The third kappa shape index (κ3) is 2.86. The predicted molar refractivity (Wildman–Crippen MR) is 102 cm³/mol. The first-order valence-electron chi connectivity index (χ1n) is 8.72. The van der Waals surface area contributed by atoms with Crippen molar-refractivity contribution in [2.45, 2.75) is 45.4 Å². The Morgan fingerprint density at radius 3 is 2.26 bits per heavy atom. The summed E-state index contributed by atoms with van der Waals surface area (Å²) in [4.78, 5) is 4.70. The van der Waals surface area contributed by atoms with Crippen LogP contribution in [0.4, 0.5) is 0 Å². The zero-order chi connectivity index (χ0) is 16.3. The van der Waals surface area contributed by atoms with Gasteiger partial charge in [-0.15, -0.1) is 0 Å². The smallest absolute Gasteiger partial charge is 0.140 e. The van der Waals surface area contributed by atoms with Gasteiger partial charge in [0.15, 0.2) is 0 Å². The summed E-state index contributed by atoms with van der Waals surface area (Å²) < 4.78 is 2.49. The Labute approximate surface area is 140 Å². The molecule has 0 bridgehead atoms. The molecule has 3 heteroatoms. The van der Waals surface area contributed by atoms with Crippen molar-refractivity contribution in [2.75, 3.05) is 0 Å². The summed E-state index contributed by atoms with van der Waals surface area (Å²) in [5.74, 6) is 0. The van der Waals surface area contributed by atoms with Crippen molar-refractivity contribution >= 4 is 24.4 Å². The van der Waals surface area contributed by atoms with E-state index in [0.717, 1.165) is 12.2 Å². The summed E-state index contributed by atoms with van der Waals surface area (Å²) in [6, 6.07) is 21.3. The van der Waals surface area contributed by atoms with E-state index in [-0.39, 0.29) is 0 Å². The Morgan fingerprint density at radius 2 is 1.61 bits per heavy atom. The molecule has 0 amide bonds. The molecule has 23 heavy (non-hydrogen) atoms. The van der Waals surface area contributed by atoms with E-state index in [4.69, 9.17) is 4.98 Å². The van der Waals surface area contributed by atoms with Gasteiger partial charge in [0.05, 0.1) is 0 Å². The number of fused-ring (bicyclic) bond motifs is 1. The largest absolute Gasteiger partial charge is 0.329 e. The molecule has 0 unspecified atom stereocenters. The van der Waals surface area contributed by atoms with Crippen LogP contribution < -0.4 is 5.32 Å². The Bertz CT molecular complexity index is 764. The van der Waals surface area contributed by atoms with Crippen LogP contribution >= 0.6 is 0 Å². The Morgan fingerprint density at radius 1 is 0.913 bits per heavy atom. The lowest BCUT2D eigenvalue weighted by Gasteiger charge is -2.29. The summed E-state index contributed by atoms with van der Waals surface area (Å²) in [6.07, 6.45) is 1.92. The number of nitrogens with zero attached hydrogens (tertiary/aromatic N) is 2. The van der Waals surface area contributed by atoms with Crippen LogP contribution in [0.25, 0.3) is 11.0 Å². The average molecular weight is 323 g/mol. The predicted octanol–water partition coefficient (Wildman–Crippen LogP) is 4.80. The van der Waals surface area contributed by atoms with Crippen molar-refractivity contribution in [3.63, 3.8) is 0 Å². The fourth-order valence-corrected chi connectivity index (χ4v) is 7.55. The highest BCUT2D eigenvalue weighted by molar-refractivity contribution is 6.91. The van der Waals surface area contributed by atoms with E-state index in [1.165, 1.54) is 29.1 Å². The molecule has 0 aliphatic carbocycles. The first-order valence-corrected chi connectivity index (χ1v) is 11.3. The number of benzene rings is 1. The highest BCUT2D eigenvalue weighted by atomic mass is 28.3. The van der Waals surface area contributed by atoms with Gasteiger partial charge < -0.3 is 4.57 Å². The number of pyridine rings is 1. The van der Waals surface area contributed by atoms with Gasteiger partial charge >= 0.3 is 0 Å². The highest BCUT2D eigenvalue weighted by Crippen LogP contribution is 2.24. The topological polar surface area (TPSA) is 17.8 Å². The maximum absolute atomic E-state index is 4.70. The van der Waals surface area contributed by atoms with E-state index in [2.05, 4.69) is 67.8 Å². The molecule has 1 aromatic carbocycles. The summed E-state index contributed by atoms with van der Waals surface area (Å²) in [7, 11) is -1.45. The van der Waals surface area contributed by atoms with Crippen molar-refractivity contribution in [1.29, 1.82) is 0 Å². The third-order valence-electron chi connectivity index (χ3n) is 5.41. The van der Waals surface area contributed by atoms with Gasteiger partial charge in [-0.2, -0.15) is 0 Å². The lowest BCUT2D eigenvalue weighted by atomic mass is 10.2. The molecule has 0 fully saturated rings. The molecule has 0 spiro atoms. The maximum atomic E-state index is 4.70. The quantitative estimate of drug-likeness (QED) is 0.596. The molecule has 3 aromatic rings. The minimum Gasteiger partial charge on any atom is -0.329 e. The molecule has 0 N–H and O–H groups in total. The average Bonchev–Trinajstić information content (AvgIpc) is 2.97. The van der Waals surface area contributed by atoms with Crippen LogP contribution in [0.2, 0.25) is 18.1 Å². The molecule has 0 aliphatic heterocycles. The highest BCUT2D eigenvalue weighted by Gasteiger charge is 2.33. The minimum atomic E-state index is -1.45. The van der Waals surface area contributed by atoms with Crippen molar-refractivity contribution in [3.05, 3.63) is 60.3 Å². The van der Waals surface area contributed by atoms with E-state index >= 15 is 0 Å². The lowest BCUT2D eigenvalue weighted by molar-refractivity contribution is 0.840. The van der Waals surface area contributed by atoms with Gasteiger partial charge in [-0.25, -0.2) is 4.98 Å². The van der Waals surface area contributed by atoms with E-state index in [9.17, 15) is 0 Å². The molecule has 0 saturated carbocycles. The van der Waals surface area contributed by atoms with E-state index < -0.39 is 8.07 Å². The fourth-order valence-electron chi connectivity index (χ4n) is 3.75. The van der Waals surface area contributed by atoms with Gasteiger partial charge in [0, 0.05) is 23.4 Å². The van der Waals surface area contributed by atoms with Crippen LogP contribution in [0.5, 0.6) is 0 Å². The molecule has 3 rings (SSSR count). The number of hydrogen-bond acceptors (Lipinski definition) is 1. The van der Waals surface area contributed by atoms with E-state index in [1.807, 2.05) is 12.3 Å². The van der Waals surface area contributed by atoms with Gasteiger partial charge in [-0.3, -0.25) is 0 Å². The molecule has 120 valence electrons. The SMILES string of the molecule is CC[Si](CC)(CC)c1cc2cccnc2n1Cc1ccccc1. The zero-order valence-corrected chi connectivity index (χ0v) is 15.4. The standard InChI is InChI=1S/C20H26N2Si/c1-4-23(5-2,6-3)19-15-18-13-10-14-21-20(18)22(19)16-17-11-8-7-9-12-17/h7-15H,4-6,16H2,1-3H3. The molecular weight excluding hydrogens is 296 g/mol. The summed E-state index contributed by atoms with van der Waals surface area (Å²) >= 11 is 0. The van der Waals surface area contributed by atoms with E-state index in [1.54, 1.807) is 5.32 Å². The van der Waals surface area contributed by atoms with Crippen molar-refractivity contribution in [1.82, 2.24) is 9.55 Å². The summed E-state index contributed by atoms with van der Waals surface area (Å²) in [5.41, 5.74) is 2.49. The second-order valence-corrected chi connectivity index (χ2v) is 11.6. The van der Waals surface area contributed by atoms with Gasteiger partial charge in [0.1, 0.15) is 13.7 Å². The molecule has 0 radical (unpaired) electrons. The number of hydrogen-bond donors (Lipinski definition) is 0. The normalized spacial score (nSPS) is 12.0. The first kappa shape index (κ1) is 16.0. The Kier molecular flexibility index (Phi) is 4.67. The van der Waals surface area contributed by atoms with Gasteiger partial charge in [0.25, 0.3) is 0 Å². The molecule has 0 atom stereocenters. The molecule has 2 heterocycles. The molecule has 0 saturated heterocycles. The van der Waals surface area contributed by atoms with Crippen LogP contribution in [0.3, 0.4) is 0 Å². The van der Waals surface area contributed by atoms with Crippen molar-refractivity contribution < 1.29 is 0 Å². The molecule has 2 nitrogen and oxygen atoms in total. The van der Waals surface area contributed by atoms with Crippen molar-refractivity contribution in [3.8, 4) is 0 Å². The first-order chi connectivity index (χ1) is 11.2. The third-order valence-corrected chi connectivity index (χ3v) is 11.0. The second-order valence-electron chi connectivity index (χ2n) is 6.36. The number of aromatic nitrogens is 2. The van der Waals surface area contributed by atoms with Crippen LogP contribution in [0.1, 0.15) is 26.3 Å². The monoisotopic (exact) mass is 322 g/mol. The van der Waals surface area contributed by atoms with Gasteiger partial charge in [-0.1, -0.05) is 69.2 Å². The molecular formula is C20H26N2Si. The van der Waals surface area contributed by atoms with E-state index in [0.29, 0.717) is 0 Å². The number of rotatable bonds is 6. The summed E-state index contributed by atoms with van der Waals surface area (Å²) in [6.45, 7) is 8.04. The van der Waals surface area contributed by atoms with Crippen LogP contribution in [0.15, 0.2) is 54.7 Å². The minimum absolute atomic E-state index is 0.922. The van der Waals surface area contributed by atoms with Gasteiger partial charge in [0.2, 0.25) is 0 Å².